The van der Waals surface area contributed by atoms with Crippen molar-refractivity contribution in [3.63, 3.8) is 0 Å². The second-order valence-electron chi connectivity index (χ2n) is 7.55. The molecule has 0 bridgehead atoms. The van der Waals surface area contributed by atoms with Crippen molar-refractivity contribution in [1.29, 1.82) is 0 Å². The number of carbonyl (C=O) groups is 1. The Morgan fingerprint density at radius 1 is 1.12 bits per heavy atom. The molecular formula is C19H28N4O. The minimum absolute atomic E-state index is 0.0418. The van der Waals surface area contributed by atoms with E-state index in [1.165, 1.54) is 44.9 Å². The van der Waals surface area contributed by atoms with Crippen LogP contribution in [0.1, 0.15) is 51.4 Å². The fourth-order valence-electron chi connectivity index (χ4n) is 4.52. The number of carbonyl (C=O) groups excluding carboxylic acids is 1. The molecule has 2 aliphatic heterocycles. The van der Waals surface area contributed by atoms with Crippen LogP contribution in [0.5, 0.6) is 0 Å². The summed E-state index contributed by atoms with van der Waals surface area (Å²) in [6.45, 7) is 2.18. The fourth-order valence-corrected chi connectivity index (χ4v) is 4.52. The molecule has 5 nitrogen and oxygen atoms in total. The molecule has 1 aromatic rings. The quantitative estimate of drug-likeness (QED) is 0.896. The molecule has 1 saturated carbocycles. The van der Waals surface area contributed by atoms with Gasteiger partial charge < -0.3 is 15.5 Å². The first-order valence-corrected chi connectivity index (χ1v) is 9.57. The fraction of sp³-hybridized carbons (Fsp3) is 0.684. The number of nitrogens with one attached hydrogen (secondary N) is 2. The first-order chi connectivity index (χ1) is 11.8. The minimum atomic E-state index is -0.0418. The van der Waals surface area contributed by atoms with Gasteiger partial charge in [-0.1, -0.05) is 12.8 Å². The average molecular weight is 328 g/mol. The van der Waals surface area contributed by atoms with Crippen molar-refractivity contribution in [1.82, 2.24) is 10.3 Å². The lowest BCUT2D eigenvalue weighted by Gasteiger charge is -2.27. The van der Waals surface area contributed by atoms with Gasteiger partial charge in [-0.15, -0.1) is 0 Å². The maximum absolute atomic E-state index is 12.5. The van der Waals surface area contributed by atoms with Crippen LogP contribution < -0.4 is 15.5 Å². The number of piperidine rings is 1. The predicted molar refractivity (Wildman–Crippen MR) is 96.2 cm³/mol. The number of hydrogen-bond donors (Lipinski definition) is 2. The van der Waals surface area contributed by atoms with Gasteiger partial charge in [0, 0.05) is 19.1 Å². The lowest BCUT2D eigenvalue weighted by Crippen LogP contribution is -2.39. The van der Waals surface area contributed by atoms with E-state index in [-0.39, 0.29) is 11.9 Å². The highest BCUT2D eigenvalue weighted by molar-refractivity contribution is 5.95. The van der Waals surface area contributed by atoms with Crippen LogP contribution in [-0.2, 0) is 4.79 Å². The maximum atomic E-state index is 12.5. The first-order valence-electron chi connectivity index (χ1n) is 9.57. The van der Waals surface area contributed by atoms with Crippen molar-refractivity contribution in [2.45, 2.75) is 63.5 Å². The SMILES string of the molecule is O=C(Nc1ccc(N2CCCCC2)nc1)C1CC2CCCCC2N1. The van der Waals surface area contributed by atoms with E-state index in [1.54, 1.807) is 6.20 Å². The van der Waals surface area contributed by atoms with Gasteiger partial charge in [0.25, 0.3) is 0 Å². The van der Waals surface area contributed by atoms with Crippen molar-refractivity contribution in [2.75, 3.05) is 23.3 Å². The molecule has 3 heterocycles. The molecule has 0 spiro atoms. The molecule has 24 heavy (non-hydrogen) atoms. The third kappa shape index (κ3) is 3.41. The van der Waals surface area contributed by atoms with E-state index in [0.717, 1.165) is 31.0 Å². The van der Waals surface area contributed by atoms with Gasteiger partial charge in [0.2, 0.25) is 5.91 Å². The number of hydrogen-bond acceptors (Lipinski definition) is 4. The normalized spacial score (nSPS) is 30.0. The summed E-state index contributed by atoms with van der Waals surface area (Å²) >= 11 is 0. The summed E-state index contributed by atoms with van der Waals surface area (Å²) < 4.78 is 0. The summed E-state index contributed by atoms with van der Waals surface area (Å²) in [5.41, 5.74) is 0.803. The topological polar surface area (TPSA) is 57.3 Å². The molecule has 3 unspecified atom stereocenters. The molecule has 1 amide bonds. The molecule has 2 saturated heterocycles. The first kappa shape index (κ1) is 15.9. The molecule has 2 N–H and O–H groups in total. The van der Waals surface area contributed by atoms with Crippen LogP contribution in [0.2, 0.25) is 0 Å². The minimum Gasteiger partial charge on any atom is -0.357 e. The summed E-state index contributed by atoms with van der Waals surface area (Å²) in [6, 6.07) is 4.52. The molecule has 1 aromatic heterocycles. The molecule has 1 aliphatic carbocycles. The Hall–Kier alpha value is -1.62. The second kappa shape index (κ2) is 7.09. The van der Waals surface area contributed by atoms with E-state index >= 15 is 0 Å². The largest absolute Gasteiger partial charge is 0.357 e. The average Bonchev–Trinajstić information content (AvgIpc) is 3.07. The number of aromatic nitrogens is 1. The molecule has 3 aliphatic rings. The van der Waals surface area contributed by atoms with Crippen LogP contribution in [0.3, 0.4) is 0 Å². The molecular weight excluding hydrogens is 300 g/mol. The van der Waals surface area contributed by atoms with Crippen molar-refractivity contribution in [3.05, 3.63) is 18.3 Å². The van der Waals surface area contributed by atoms with E-state index in [4.69, 9.17) is 0 Å². The smallest absolute Gasteiger partial charge is 0.241 e. The van der Waals surface area contributed by atoms with Gasteiger partial charge in [-0.2, -0.15) is 0 Å². The van der Waals surface area contributed by atoms with E-state index in [2.05, 4.69) is 20.5 Å². The van der Waals surface area contributed by atoms with E-state index in [9.17, 15) is 4.79 Å². The zero-order valence-corrected chi connectivity index (χ0v) is 14.3. The Bertz CT molecular complexity index is 553. The molecule has 130 valence electrons. The zero-order valence-electron chi connectivity index (χ0n) is 14.3. The third-order valence-corrected chi connectivity index (χ3v) is 5.87. The number of anilines is 2. The molecule has 0 aromatic carbocycles. The molecule has 0 radical (unpaired) electrons. The van der Waals surface area contributed by atoms with Crippen molar-refractivity contribution in [2.24, 2.45) is 5.92 Å². The van der Waals surface area contributed by atoms with Gasteiger partial charge in [-0.25, -0.2) is 4.98 Å². The second-order valence-corrected chi connectivity index (χ2v) is 7.55. The standard InChI is InChI=1S/C19H28N4O/c24-19(17-12-14-6-2-3-7-16(14)22-17)21-15-8-9-18(20-13-15)23-10-4-1-5-11-23/h8-9,13-14,16-17,22H,1-7,10-12H2,(H,21,24). The van der Waals surface area contributed by atoms with Gasteiger partial charge in [0.05, 0.1) is 17.9 Å². The van der Waals surface area contributed by atoms with Crippen LogP contribution in [0.15, 0.2) is 18.3 Å². The van der Waals surface area contributed by atoms with Crippen LogP contribution in [0.4, 0.5) is 11.5 Å². The molecule has 3 atom stereocenters. The highest BCUT2D eigenvalue weighted by Gasteiger charge is 2.38. The molecule has 4 rings (SSSR count). The van der Waals surface area contributed by atoms with Crippen LogP contribution in [0.25, 0.3) is 0 Å². The van der Waals surface area contributed by atoms with Crippen LogP contribution in [0, 0.1) is 5.92 Å². The summed E-state index contributed by atoms with van der Waals surface area (Å²) in [6.07, 6.45) is 11.7. The van der Waals surface area contributed by atoms with E-state index < -0.39 is 0 Å². The Balaban J connectivity index is 1.34. The predicted octanol–water partition coefficient (Wildman–Crippen LogP) is 2.93. The summed E-state index contributed by atoms with van der Waals surface area (Å²) in [4.78, 5) is 19.4. The van der Waals surface area contributed by atoms with E-state index in [1.807, 2.05) is 12.1 Å². The van der Waals surface area contributed by atoms with Crippen molar-refractivity contribution < 1.29 is 4.79 Å². The summed E-state index contributed by atoms with van der Waals surface area (Å²) in [7, 11) is 0. The Labute approximate surface area is 144 Å². The highest BCUT2D eigenvalue weighted by Crippen LogP contribution is 2.33. The number of pyridine rings is 1. The lowest BCUT2D eigenvalue weighted by atomic mass is 9.85. The van der Waals surface area contributed by atoms with Gasteiger partial charge in [-0.3, -0.25) is 4.79 Å². The number of amides is 1. The van der Waals surface area contributed by atoms with Gasteiger partial charge in [0.1, 0.15) is 5.82 Å². The highest BCUT2D eigenvalue weighted by atomic mass is 16.2. The summed E-state index contributed by atoms with van der Waals surface area (Å²) in [5, 5.41) is 6.58. The maximum Gasteiger partial charge on any atom is 0.241 e. The van der Waals surface area contributed by atoms with Gasteiger partial charge in [-0.05, 0) is 56.6 Å². The number of nitrogens with zero attached hydrogens (tertiary/aromatic N) is 2. The Kier molecular flexibility index (Phi) is 4.69. The Morgan fingerprint density at radius 3 is 2.71 bits per heavy atom. The van der Waals surface area contributed by atoms with Crippen LogP contribution in [-0.4, -0.2) is 36.1 Å². The molecule has 3 fully saturated rings. The van der Waals surface area contributed by atoms with Crippen LogP contribution >= 0.6 is 0 Å². The molecule has 5 heteroatoms. The number of rotatable bonds is 3. The summed E-state index contributed by atoms with van der Waals surface area (Å²) in [5.74, 6) is 1.81. The zero-order chi connectivity index (χ0) is 16.4. The van der Waals surface area contributed by atoms with Gasteiger partial charge >= 0.3 is 0 Å². The number of fused-ring (bicyclic) bond motifs is 1. The Morgan fingerprint density at radius 2 is 1.96 bits per heavy atom. The lowest BCUT2D eigenvalue weighted by molar-refractivity contribution is -0.117. The van der Waals surface area contributed by atoms with Crippen molar-refractivity contribution in [3.8, 4) is 0 Å². The monoisotopic (exact) mass is 328 g/mol. The third-order valence-electron chi connectivity index (χ3n) is 5.87. The van der Waals surface area contributed by atoms with Gasteiger partial charge in [0.15, 0.2) is 0 Å². The van der Waals surface area contributed by atoms with Crippen molar-refractivity contribution >= 4 is 17.4 Å². The van der Waals surface area contributed by atoms with E-state index in [0.29, 0.717) is 12.0 Å².